The van der Waals surface area contributed by atoms with Crippen molar-refractivity contribution in [3.63, 3.8) is 0 Å². The van der Waals surface area contributed by atoms with Gasteiger partial charge in [0, 0.05) is 42.1 Å². The van der Waals surface area contributed by atoms with Crippen LogP contribution in [-0.2, 0) is 200 Å². The first-order chi connectivity index (χ1) is 5.54. The van der Waals surface area contributed by atoms with Gasteiger partial charge in [0.2, 0.25) is 0 Å². The van der Waals surface area contributed by atoms with E-state index in [1.165, 1.54) is 12.3 Å². The second-order valence-electron chi connectivity index (χ2n) is 3.01. The molecule has 0 saturated heterocycles. The molecule has 24 heavy (non-hydrogen) atoms. The summed E-state index contributed by atoms with van der Waals surface area (Å²) in [5, 5.41) is 0. The van der Waals surface area contributed by atoms with Crippen LogP contribution in [0, 0.1) is 0 Å². The van der Waals surface area contributed by atoms with Gasteiger partial charge in [-0.2, -0.15) is 11.5 Å². The van der Waals surface area contributed by atoms with Crippen LogP contribution >= 0.6 is 15.8 Å². The second-order valence-corrected chi connectivity index (χ2v) is 9.04. The van der Waals surface area contributed by atoms with Crippen LogP contribution in [0.25, 0.3) is 0 Å². The zero-order valence-electron chi connectivity index (χ0n) is 13.2. The van der Waals surface area contributed by atoms with E-state index in [0.29, 0.717) is 15.8 Å². The molecule has 0 unspecified atom stereocenters. The first-order valence-electron chi connectivity index (χ1n) is 4.00. The standard InChI is InChI=1S/2C4H11PS.ClH.3Fe.6S.2W/c2*1-5(2)3-4-6;;;;;;;;;;;;/h2*6H,3-4H2,1-2H3;1H;;;;;;;;;;;/q;;;3*+3;6*-2;;/p-3. The third-order valence-corrected chi connectivity index (χ3v) is 4.33. The van der Waals surface area contributed by atoms with E-state index in [0.717, 1.165) is 11.5 Å². The normalized spacial score (nSPS) is 5.00. The van der Waals surface area contributed by atoms with Crippen molar-refractivity contribution >= 4 is 122 Å². The molecule has 0 saturated carbocycles. The Morgan fingerprint density at radius 1 is 0.542 bits per heavy atom. The van der Waals surface area contributed by atoms with Crippen molar-refractivity contribution in [2.45, 2.75) is 0 Å². The van der Waals surface area contributed by atoms with Crippen LogP contribution < -0.4 is 12.4 Å². The Morgan fingerprint density at radius 2 is 0.667 bits per heavy atom. The van der Waals surface area contributed by atoms with Gasteiger partial charge in [0.25, 0.3) is 0 Å². The summed E-state index contributed by atoms with van der Waals surface area (Å²) in [5.74, 6) is 1.89. The van der Waals surface area contributed by atoms with Crippen molar-refractivity contribution in [3.8, 4) is 0 Å². The molecule has 0 fully saturated rings. The maximum absolute atomic E-state index is 4.74. The van der Waals surface area contributed by atoms with E-state index in [-0.39, 0.29) is 187 Å². The number of hydrogen-bond donors (Lipinski definition) is 0. The van der Waals surface area contributed by atoms with Gasteiger partial charge >= 0.3 is 51.2 Å². The molecule has 159 valence electrons. The van der Waals surface area contributed by atoms with E-state index >= 15 is 0 Å². The minimum Gasteiger partial charge on any atom is -2.00 e. The van der Waals surface area contributed by atoms with Gasteiger partial charge in [0.15, 0.2) is 0 Å². The second kappa shape index (κ2) is 87.5. The molecule has 0 atom stereocenters. The van der Waals surface area contributed by atoms with Gasteiger partial charge in [-0.1, -0.05) is 12.3 Å². The first kappa shape index (κ1) is 96.8. The molecule has 0 aromatic carbocycles. The molecule has 0 heterocycles. The zero-order chi connectivity index (χ0) is 9.98. The quantitative estimate of drug-likeness (QED) is 0.213. The molecule has 0 aliphatic rings. The Balaban J connectivity index is -0.00000000463. The Hall–Kier alpha value is 6.89. The summed E-state index contributed by atoms with van der Waals surface area (Å²) in [5.41, 5.74) is 0. The molecule has 0 rings (SSSR count). The fraction of sp³-hybridized carbons (Fsp3) is 1.00. The summed E-state index contributed by atoms with van der Waals surface area (Å²) in [6, 6.07) is 0. The molecule has 3 radical (unpaired) electrons. The van der Waals surface area contributed by atoms with Gasteiger partial charge in [0.05, 0.1) is 0 Å². The van der Waals surface area contributed by atoms with Crippen LogP contribution in [0.15, 0.2) is 0 Å². The molecule has 16 heteroatoms. The smallest absolute Gasteiger partial charge is 2.00 e. The molecular weight excluding hydrogens is 985 g/mol. The molecule has 0 nitrogen and oxygen atoms in total. The predicted molar refractivity (Wildman–Crippen MR) is 116 cm³/mol. The fourth-order valence-corrected chi connectivity index (χ4v) is 3.29. The number of hydrogen-bond acceptors (Lipinski definition) is 2. The van der Waals surface area contributed by atoms with Crippen LogP contribution in [0.2, 0.25) is 0 Å². The Bertz CT molecular complexity index is 106. The van der Waals surface area contributed by atoms with Crippen molar-refractivity contribution in [2.75, 3.05) is 50.5 Å². The minimum atomic E-state index is 0. The summed E-state index contributed by atoms with van der Waals surface area (Å²) in [7, 11) is 0.591. The summed E-state index contributed by atoms with van der Waals surface area (Å²) in [6.45, 7) is 9.01. The van der Waals surface area contributed by atoms with Crippen molar-refractivity contribution in [3.05, 3.63) is 0 Å². The van der Waals surface area contributed by atoms with E-state index in [4.69, 9.17) is 25.3 Å². The van der Waals surface area contributed by atoms with Gasteiger partial charge in [-0.05, 0) is 26.7 Å². The summed E-state index contributed by atoms with van der Waals surface area (Å²) < 4.78 is 0. The Labute approximate surface area is 273 Å². The molecule has 0 spiro atoms. The third-order valence-electron chi connectivity index (χ3n) is 1.08. The van der Waals surface area contributed by atoms with Gasteiger partial charge in [0.1, 0.15) is 0 Å². The van der Waals surface area contributed by atoms with Crippen molar-refractivity contribution in [2.24, 2.45) is 0 Å². The summed E-state index contributed by atoms with van der Waals surface area (Å²) >= 11 is 9.49. The summed E-state index contributed by atoms with van der Waals surface area (Å²) in [4.78, 5) is 0. The minimum absolute atomic E-state index is 0. The van der Waals surface area contributed by atoms with Gasteiger partial charge in [-0.3, -0.25) is 0 Å². The van der Waals surface area contributed by atoms with Crippen molar-refractivity contribution < 1.29 is 106 Å². The Morgan fingerprint density at radius 3 is 0.667 bits per heavy atom. The average Bonchev–Trinajstić information content (AvgIpc) is 1.87. The average molecular weight is 1010 g/mol. The monoisotopic (exact) mass is 1000 g/mol. The molecule has 0 aliphatic carbocycles. The predicted octanol–water partition coefficient (Wildman–Crippen LogP) is -0.473. The molecule has 0 N–H and O–H groups in total. The topological polar surface area (TPSA) is 0 Å². The van der Waals surface area contributed by atoms with E-state index in [1.807, 2.05) is 0 Å². The molecule has 0 amide bonds. The first-order valence-corrected chi connectivity index (χ1v) is 10.00. The van der Waals surface area contributed by atoms with E-state index in [2.05, 4.69) is 26.7 Å². The zero-order valence-corrected chi connectivity index (χ0v) is 31.5. The van der Waals surface area contributed by atoms with E-state index in [9.17, 15) is 0 Å². The van der Waals surface area contributed by atoms with E-state index < -0.39 is 0 Å². The molecule has 0 aromatic rings. The Kier molecular flexibility index (Phi) is 353. The van der Waals surface area contributed by atoms with Gasteiger partial charge < -0.3 is 119 Å². The van der Waals surface area contributed by atoms with Crippen LogP contribution in [0.5, 0.6) is 0 Å². The van der Waals surface area contributed by atoms with Crippen LogP contribution in [0.4, 0.5) is 0 Å². The number of rotatable bonds is 4. The molecule has 0 aromatic heterocycles. The molecular formula is C8H20ClFe3P2S8W2-6. The maximum Gasteiger partial charge on any atom is 3.00 e. The van der Waals surface area contributed by atoms with Crippen LogP contribution in [0.3, 0.4) is 0 Å². The van der Waals surface area contributed by atoms with Gasteiger partial charge in [-0.25, -0.2) is 0 Å². The third kappa shape index (κ3) is 135. The summed E-state index contributed by atoms with van der Waals surface area (Å²) in [6.07, 6.45) is 2.51. The fourth-order valence-electron chi connectivity index (χ4n) is 0.365. The van der Waals surface area contributed by atoms with Crippen molar-refractivity contribution in [1.82, 2.24) is 0 Å². The van der Waals surface area contributed by atoms with Crippen LogP contribution in [-0.4, -0.2) is 50.5 Å². The van der Waals surface area contributed by atoms with Gasteiger partial charge in [-0.15, -0.1) is 15.8 Å². The number of halogens is 1. The largest absolute Gasteiger partial charge is 3.00 e. The van der Waals surface area contributed by atoms with Crippen molar-refractivity contribution in [1.29, 1.82) is 0 Å². The maximum atomic E-state index is 4.74. The molecule has 0 aliphatic heterocycles. The van der Waals surface area contributed by atoms with Crippen LogP contribution in [0.1, 0.15) is 0 Å². The van der Waals surface area contributed by atoms with E-state index in [1.54, 1.807) is 0 Å². The molecule has 0 bridgehead atoms. The SMILES string of the molecule is CP(C)CC[S-].CP(C)CC[S-].[Cl-].[Fe+3].[Fe+3].[Fe+3].[S-2].[S-2].[S-2].[S-2].[S-2].[S-2].[W].[W].